The third kappa shape index (κ3) is 3.69. The Morgan fingerprint density at radius 3 is 2.78 bits per heavy atom. The SMILES string of the molecule is CSc1ncc(CNC(=O)N(Cc2cnn(C)c2)C2CC2)n1C. The maximum Gasteiger partial charge on any atom is 0.318 e. The number of aryl methyl sites for hydroxylation is 1. The highest BCUT2D eigenvalue weighted by atomic mass is 32.2. The van der Waals surface area contributed by atoms with Gasteiger partial charge in [-0.1, -0.05) is 11.8 Å². The molecule has 1 aliphatic carbocycles. The van der Waals surface area contributed by atoms with Gasteiger partial charge in [-0.3, -0.25) is 4.68 Å². The maximum absolute atomic E-state index is 12.5. The molecule has 0 aromatic carbocycles. The Morgan fingerprint density at radius 1 is 1.43 bits per heavy atom. The van der Waals surface area contributed by atoms with E-state index in [2.05, 4.69) is 15.4 Å². The van der Waals surface area contributed by atoms with E-state index in [0.29, 0.717) is 19.1 Å². The molecule has 0 saturated heterocycles. The van der Waals surface area contributed by atoms with E-state index in [9.17, 15) is 4.79 Å². The first-order valence-electron chi connectivity index (χ1n) is 7.65. The number of aromatic nitrogens is 4. The molecule has 0 aliphatic heterocycles. The number of hydrogen-bond donors (Lipinski definition) is 1. The van der Waals surface area contributed by atoms with Crippen molar-refractivity contribution in [1.82, 2.24) is 29.5 Å². The minimum atomic E-state index is -0.0248. The van der Waals surface area contributed by atoms with Crippen LogP contribution in [-0.2, 0) is 27.2 Å². The van der Waals surface area contributed by atoms with Crippen molar-refractivity contribution in [2.24, 2.45) is 14.1 Å². The lowest BCUT2D eigenvalue weighted by molar-refractivity contribution is 0.191. The topological polar surface area (TPSA) is 68.0 Å². The summed E-state index contributed by atoms with van der Waals surface area (Å²) in [7, 11) is 3.85. The molecule has 1 fully saturated rings. The molecule has 2 aromatic heterocycles. The van der Waals surface area contributed by atoms with Gasteiger partial charge in [0.15, 0.2) is 5.16 Å². The van der Waals surface area contributed by atoms with Crippen molar-refractivity contribution in [2.45, 2.75) is 37.1 Å². The summed E-state index contributed by atoms with van der Waals surface area (Å²) in [5, 5.41) is 8.13. The fraction of sp³-hybridized carbons (Fsp3) is 0.533. The van der Waals surface area contributed by atoms with Crippen molar-refractivity contribution >= 4 is 17.8 Å². The zero-order valence-electron chi connectivity index (χ0n) is 13.7. The molecule has 1 saturated carbocycles. The second kappa shape index (κ2) is 6.66. The lowest BCUT2D eigenvalue weighted by Crippen LogP contribution is -2.40. The largest absolute Gasteiger partial charge is 0.332 e. The average Bonchev–Trinajstić information content (AvgIpc) is 3.20. The number of nitrogens with one attached hydrogen (secondary N) is 1. The summed E-state index contributed by atoms with van der Waals surface area (Å²) < 4.78 is 3.77. The van der Waals surface area contributed by atoms with Gasteiger partial charge >= 0.3 is 6.03 Å². The molecule has 2 aromatic rings. The molecule has 0 atom stereocenters. The van der Waals surface area contributed by atoms with E-state index >= 15 is 0 Å². The van der Waals surface area contributed by atoms with Crippen molar-refractivity contribution in [3.05, 3.63) is 29.8 Å². The van der Waals surface area contributed by atoms with Gasteiger partial charge in [-0.05, 0) is 19.1 Å². The van der Waals surface area contributed by atoms with E-state index in [1.165, 1.54) is 0 Å². The second-order valence-corrected chi connectivity index (χ2v) is 6.61. The van der Waals surface area contributed by atoms with Crippen LogP contribution in [0.25, 0.3) is 0 Å². The Hall–Kier alpha value is -1.96. The first-order valence-corrected chi connectivity index (χ1v) is 8.87. The van der Waals surface area contributed by atoms with Gasteiger partial charge in [0.25, 0.3) is 0 Å². The molecule has 0 radical (unpaired) electrons. The van der Waals surface area contributed by atoms with E-state index in [-0.39, 0.29) is 6.03 Å². The van der Waals surface area contributed by atoms with Gasteiger partial charge in [0.2, 0.25) is 0 Å². The molecular weight excluding hydrogens is 312 g/mol. The molecule has 7 nitrogen and oxygen atoms in total. The van der Waals surface area contributed by atoms with E-state index < -0.39 is 0 Å². The van der Waals surface area contributed by atoms with Gasteiger partial charge < -0.3 is 14.8 Å². The molecule has 2 amide bonds. The van der Waals surface area contributed by atoms with Gasteiger partial charge in [-0.2, -0.15) is 5.10 Å². The predicted octanol–water partition coefficient (Wildman–Crippen LogP) is 1.75. The Kier molecular flexibility index (Phi) is 4.61. The highest BCUT2D eigenvalue weighted by Gasteiger charge is 2.32. The normalized spacial score (nSPS) is 14.0. The number of rotatable bonds is 6. The third-order valence-electron chi connectivity index (χ3n) is 4.00. The molecular formula is C15H22N6OS. The molecule has 0 spiro atoms. The van der Waals surface area contributed by atoms with Crippen LogP contribution in [0, 0.1) is 0 Å². The molecule has 8 heteroatoms. The number of thioether (sulfide) groups is 1. The maximum atomic E-state index is 12.5. The summed E-state index contributed by atoms with van der Waals surface area (Å²) in [5.74, 6) is 0. The van der Waals surface area contributed by atoms with Crippen LogP contribution in [0.5, 0.6) is 0 Å². The van der Waals surface area contributed by atoms with E-state index in [4.69, 9.17) is 0 Å². The van der Waals surface area contributed by atoms with Crippen molar-refractivity contribution < 1.29 is 4.79 Å². The molecule has 0 bridgehead atoms. The fourth-order valence-corrected chi connectivity index (χ4v) is 3.10. The highest BCUT2D eigenvalue weighted by molar-refractivity contribution is 7.98. The Balaban J connectivity index is 1.61. The summed E-state index contributed by atoms with van der Waals surface area (Å²) >= 11 is 1.60. The molecule has 3 rings (SSSR count). The van der Waals surface area contributed by atoms with Crippen LogP contribution in [0.3, 0.4) is 0 Å². The molecule has 124 valence electrons. The van der Waals surface area contributed by atoms with Crippen LogP contribution < -0.4 is 5.32 Å². The molecule has 1 aliphatic rings. The molecule has 1 N–H and O–H groups in total. The quantitative estimate of drug-likeness (QED) is 0.817. The number of carbonyl (C=O) groups is 1. The van der Waals surface area contributed by atoms with Crippen LogP contribution in [0.15, 0.2) is 23.7 Å². The summed E-state index contributed by atoms with van der Waals surface area (Å²) in [6, 6.07) is 0.326. The zero-order chi connectivity index (χ0) is 16.4. The Labute approximate surface area is 140 Å². The first-order chi connectivity index (χ1) is 11.1. The van der Waals surface area contributed by atoms with Gasteiger partial charge in [0, 0.05) is 31.9 Å². The smallest absolute Gasteiger partial charge is 0.318 e. The van der Waals surface area contributed by atoms with Crippen LogP contribution in [0.4, 0.5) is 4.79 Å². The number of nitrogens with zero attached hydrogens (tertiary/aromatic N) is 5. The molecule has 2 heterocycles. The average molecular weight is 334 g/mol. The van der Waals surface area contributed by atoms with Crippen molar-refractivity contribution in [3.63, 3.8) is 0 Å². The Bertz CT molecular complexity index is 690. The van der Waals surface area contributed by atoms with Crippen molar-refractivity contribution in [1.29, 1.82) is 0 Å². The van der Waals surface area contributed by atoms with Crippen LogP contribution in [0.1, 0.15) is 24.1 Å². The zero-order valence-corrected chi connectivity index (χ0v) is 14.5. The number of carbonyl (C=O) groups excluding carboxylic acids is 1. The standard InChI is InChI=1S/C15H22N6OS/c1-19-9-11(6-18-19)10-21(12-4-5-12)14(22)16-7-13-8-17-15(23-3)20(13)2/h6,8-9,12H,4-5,7,10H2,1-3H3,(H,16,22). The number of urea groups is 1. The second-order valence-electron chi connectivity index (χ2n) is 5.84. The monoisotopic (exact) mass is 334 g/mol. The summed E-state index contributed by atoms with van der Waals surface area (Å²) in [6.07, 6.45) is 9.73. The summed E-state index contributed by atoms with van der Waals surface area (Å²) in [5.41, 5.74) is 2.06. The summed E-state index contributed by atoms with van der Waals surface area (Å²) in [6.45, 7) is 1.09. The van der Waals surface area contributed by atoms with Crippen LogP contribution in [0.2, 0.25) is 0 Å². The first kappa shape index (κ1) is 15.9. The van der Waals surface area contributed by atoms with Crippen LogP contribution >= 0.6 is 11.8 Å². The number of hydrogen-bond acceptors (Lipinski definition) is 4. The summed E-state index contributed by atoms with van der Waals surface area (Å²) in [4.78, 5) is 18.8. The predicted molar refractivity (Wildman–Crippen MR) is 89.0 cm³/mol. The minimum absolute atomic E-state index is 0.0248. The van der Waals surface area contributed by atoms with Gasteiger partial charge in [-0.25, -0.2) is 9.78 Å². The van der Waals surface area contributed by atoms with Crippen molar-refractivity contribution in [3.8, 4) is 0 Å². The Morgan fingerprint density at radius 2 is 2.22 bits per heavy atom. The molecule has 23 heavy (non-hydrogen) atoms. The van der Waals surface area contributed by atoms with Crippen LogP contribution in [-0.4, -0.2) is 42.6 Å². The molecule has 0 unspecified atom stereocenters. The van der Waals surface area contributed by atoms with Crippen molar-refractivity contribution in [2.75, 3.05) is 6.26 Å². The third-order valence-corrected chi connectivity index (χ3v) is 4.75. The number of amides is 2. The lowest BCUT2D eigenvalue weighted by Gasteiger charge is -2.22. The van der Waals surface area contributed by atoms with E-state index in [0.717, 1.165) is 29.3 Å². The van der Waals surface area contributed by atoms with Gasteiger partial charge in [0.05, 0.1) is 31.2 Å². The number of imidazole rings is 1. The highest BCUT2D eigenvalue weighted by Crippen LogP contribution is 2.28. The van der Waals surface area contributed by atoms with E-state index in [1.54, 1.807) is 16.4 Å². The van der Waals surface area contributed by atoms with Gasteiger partial charge in [0.1, 0.15) is 0 Å². The lowest BCUT2D eigenvalue weighted by atomic mass is 10.3. The minimum Gasteiger partial charge on any atom is -0.332 e. The van der Waals surface area contributed by atoms with E-state index in [1.807, 2.05) is 48.4 Å². The van der Waals surface area contributed by atoms with Gasteiger partial charge in [-0.15, -0.1) is 0 Å². The fourth-order valence-electron chi connectivity index (χ4n) is 2.55.